The first-order valence-corrected chi connectivity index (χ1v) is 9.08. The number of nitrogen functional groups attached to an aromatic ring is 1. The summed E-state index contributed by atoms with van der Waals surface area (Å²) < 4.78 is 30.9. The van der Waals surface area contributed by atoms with Gasteiger partial charge in [-0.15, -0.1) is 11.8 Å². The van der Waals surface area contributed by atoms with Gasteiger partial charge < -0.3 is 10.5 Å². The first kappa shape index (κ1) is 16.1. The van der Waals surface area contributed by atoms with Gasteiger partial charge in [0.2, 0.25) is 10.0 Å². The number of rotatable bonds is 5. The third-order valence-electron chi connectivity index (χ3n) is 3.03. The molecule has 2 rings (SSSR count). The van der Waals surface area contributed by atoms with Gasteiger partial charge >= 0.3 is 0 Å². The normalized spacial score (nSPS) is 20.0. The lowest BCUT2D eigenvalue weighted by molar-refractivity contribution is 0.0312. The Hall–Kier alpha value is -1.27. The van der Waals surface area contributed by atoms with Crippen molar-refractivity contribution in [3.63, 3.8) is 0 Å². The first-order chi connectivity index (χ1) is 10.0. The minimum absolute atomic E-state index is 0.0324. The highest BCUT2D eigenvalue weighted by Crippen LogP contribution is 2.21. The van der Waals surface area contributed by atoms with Crippen molar-refractivity contribution in [1.29, 1.82) is 5.26 Å². The molecule has 1 aliphatic heterocycles. The van der Waals surface area contributed by atoms with Crippen LogP contribution >= 0.6 is 11.8 Å². The molecule has 1 heterocycles. The standard InChI is InChI=1S/C13H17N3O3S2/c14-9-12-10-16(4-5-19-12)21(17,18)7-6-20-13-3-1-2-11(15)8-13/h1-3,8,12H,4-7,10,15H2. The van der Waals surface area contributed by atoms with Gasteiger partial charge in [-0.2, -0.15) is 9.57 Å². The Morgan fingerprint density at radius 3 is 3.05 bits per heavy atom. The summed E-state index contributed by atoms with van der Waals surface area (Å²) in [5.41, 5.74) is 6.34. The van der Waals surface area contributed by atoms with Crippen molar-refractivity contribution >= 4 is 27.5 Å². The maximum atomic E-state index is 12.2. The summed E-state index contributed by atoms with van der Waals surface area (Å²) >= 11 is 1.45. The van der Waals surface area contributed by atoms with Crippen molar-refractivity contribution < 1.29 is 13.2 Å². The number of benzene rings is 1. The van der Waals surface area contributed by atoms with Gasteiger partial charge in [0.15, 0.2) is 6.10 Å². The zero-order valence-electron chi connectivity index (χ0n) is 11.4. The molecule has 0 bridgehead atoms. The Balaban J connectivity index is 1.88. The molecule has 1 unspecified atom stereocenters. The topological polar surface area (TPSA) is 96.4 Å². The fourth-order valence-corrected chi connectivity index (χ4v) is 4.73. The van der Waals surface area contributed by atoms with Crippen LogP contribution < -0.4 is 5.73 Å². The summed E-state index contributed by atoms with van der Waals surface area (Å²) in [5, 5.41) is 8.81. The third-order valence-corrected chi connectivity index (χ3v) is 6.13. The average molecular weight is 327 g/mol. The number of hydrogen-bond acceptors (Lipinski definition) is 6. The molecule has 21 heavy (non-hydrogen) atoms. The van der Waals surface area contributed by atoms with Crippen LogP contribution in [0.4, 0.5) is 5.69 Å². The van der Waals surface area contributed by atoms with Gasteiger partial charge in [-0.05, 0) is 18.2 Å². The minimum atomic E-state index is -3.36. The van der Waals surface area contributed by atoms with Gasteiger partial charge in [-0.1, -0.05) is 6.07 Å². The van der Waals surface area contributed by atoms with Gasteiger partial charge in [-0.25, -0.2) is 8.42 Å². The first-order valence-electron chi connectivity index (χ1n) is 6.48. The molecule has 1 aliphatic rings. The van der Waals surface area contributed by atoms with Gasteiger partial charge in [0, 0.05) is 22.9 Å². The number of nitrogens with zero attached hydrogens (tertiary/aromatic N) is 2. The van der Waals surface area contributed by atoms with Crippen molar-refractivity contribution in [3.05, 3.63) is 24.3 Å². The number of sulfonamides is 1. The van der Waals surface area contributed by atoms with Crippen LogP contribution in [-0.2, 0) is 14.8 Å². The Kier molecular flexibility index (Phi) is 5.47. The third kappa shape index (κ3) is 4.61. The molecule has 1 atom stereocenters. The van der Waals surface area contributed by atoms with Crippen molar-refractivity contribution in [2.24, 2.45) is 0 Å². The molecule has 0 spiro atoms. The summed E-state index contributed by atoms with van der Waals surface area (Å²) in [6, 6.07) is 9.29. The lowest BCUT2D eigenvalue weighted by Crippen LogP contribution is -2.46. The van der Waals surface area contributed by atoms with E-state index in [0.717, 1.165) is 4.90 Å². The highest BCUT2D eigenvalue weighted by atomic mass is 32.2. The van der Waals surface area contributed by atoms with E-state index in [1.165, 1.54) is 16.1 Å². The number of hydrogen-bond donors (Lipinski definition) is 1. The maximum Gasteiger partial charge on any atom is 0.215 e. The number of nitrogens with two attached hydrogens (primary N) is 1. The molecule has 6 nitrogen and oxygen atoms in total. The van der Waals surface area contributed by atoms with Crippen LogP contribution in [0, 0.1) is 11.3 Å². The average Bonchev–Trinajstić information content (AvgIpc) is 2.47. The number of morpholine rings is 1. The predicted octanol–water partition coefficient (Wildman–Crippen LogP) is 0.915. The van der Waals surface area contributed by atoms with Crippen LogP contribution in [0.2, 0.25) is 0 Å². The second-order valence-corrected chi connectivity index (χ2v) is 7.84. The van der Waals surface area contributed by atoms with E-state index in [9.17, 15) is 8.42 Å². The molecule has 1 saturated heterocycles. The highest BCUT2D eigenvalue weighted by molar-refractivity contribution is 8.00. The zero-order valence-corrected chi connectivity index (χ0v) is 13.1. The molecule has 2 N–H and O–H groups in total. The Morgan fingerprint density at radius 1 is 1.52 bits per heavy atom. The molecule has 0 saturated carbocycles. The molecule has 0 amide bonds. The van der Waals surface area contributed by atoms with Gasteiger partial charge in [0.1, 0.15) is 0 Å². The number of nitriles is 1. The second kappa shape index (κ2) is 7.13. The van der Waals surface area contributed by atoms with E-state index < -0.39 is 16.1 Å². The van der Waals surface area contributed by atoms with Crippen LogP contribution in [0.25, 0.3) is 0 Å². The molecule has 0 aromatic heterocycles. The smallest absolute Gasteiger partial charge is 0.215 e. The monoisotopic (exact) mass is 327 g/mol. The van der Waals surface area contributed by atoms with E-state index in [2.05, 4.69) is 0 Å². The molecule has 114 valence electrons. The summed E-state index contributed by atoms with van der Waals surface area (Å²) in [6.45, 7) is 0.686. The Labute approximate surface area is 128 Å². The Morgan fingerprint density at radius 2 is 2.33 bits per heavy atom. The van der Waals surface area contributed by atoms with Gasteiger partial charge in [0.25, 0.3) is 0 Å². The van der Waals surface area contributed by atoms with Crippen molar-refractivity contribution in [3.8, 4) is 6.07 Å². The minimum Gasteiger partial charge on any atom is -0.399 e. The largest absolute Gasteiger partial charge is 0.399 e. The summed E-state index contributed by atoms with van der Waals surface area (Å²) in [6.07, 6.45) is -0.671. The van der Waals surface area contributed by atoms with E-state index in [0.29, 0.717) is 18.0 Å². The number of ether oxygens (including phenoxy) is 1. The zero-order chi connectivity index (χ0) is 15.3. The molecule has 1 aromatic carbocycles. The van der Waals surface area contributed by atoms with Crippen LogP contribution in [-0.4, -0.2) is 50.0 Å². The van der Waals surface area contributed by atoms with Crippen LogP contribution in [0.5, 0.6) is 0 Å². The van der Waals surface area contributed by atoms with E-state index >= 15 is 0 Å². The highest BCUT2D eigenvalue weighted by Gasteiger charge is 2.28. The molecular weight excluding hydrogens is 310 g/mol. The van der Waals surface area contributed by atoms with Crippen LogP contribution in [0.1, 0.15) is 0 Å². The molecule has 0 radical (unpaired) electrons. The fourth-order valence-electron chi connectivity index (χ4n) is 1.95. The van der Waals surface area contributed by atoms with Gasteiger partial charge in [-0.3, -0.25) is 0 Å². The molecule has 1 fully saturated rings. The molecule has 0 aliphatic carbocycles. The lowest BCUT2D eigenvalue weighted by atomic mass is 10.3. The van der Waals surface area contributed by atoms with Crippen LogP contribution in [0.3, 0.4) is 0 Å². The van der Waals surface area contributed by atoms with E-state index in [1.54, 1.807) is 6.07 Å². The number of anilines is 1. The summed E-state index contributed by atoms with van der Waals surface area (Å²) in [5.74, 6) is 0.477. The molecular formula is C13H17N3O3S2. The van der Waals surface area contributed by atoms with Crippen molar-refractivity contribution in [2.45, 2.75) is 11.0 Å². The quantitative estimate of drug-likeness (QED) is 0.638. The van der Waals surface area contributed by atoms with E-state index in [-0.39, 0.29) is 18.9 Å². The Bertz CT molecular complexity index is 628. The maximum absolute atomic E-state index is 12.2. The second-order valence-electron chi connectivity index (χ2n) is 4.58. The molecule has 8 heteroatoms. The van der Waals surface area contributed by atoms with E-state index in [1.807, 2.05) is 24.3 Å². The number of thioether (sulfide) groups is 1. The fraction of sp³-hybridized carbons (Fsp3) is 0.462. The predicted molar refractivity (Wildman–Crippen MR) is 82.3 cm³/mol. The van der Waals surface area contributed by atoms with E-state index in [4.69, 9.17) is 15.7 Å². The molecule has 1 aromatic rings. The van der Waals surface area contributed by atoms with Crippen molar-refractivity contribution in [1.82, 2.24) is 4.31 Å². The summed E-state index contributed by atoms with van der Waals surface area (Å²) in [7, 11) is -3.36. The SMILES string of the molecule is N#CC1CN(S(=O)(=O)CCSc2cccc(N)c2)CCO1. The van der Waals surface area contributed by atoms with Crippen LogP contribution in [0.15, 0.2) is 29.2 Å². The van der Waals surface area contributed by atoms with Crippen molar-refractivity contribution in [2.75, 3.05) is 36.9 Å². The lowest BCUT2D eigenvalue weighted by Gasteiger charge is -2.28. The van der Waals surface area contributed by atoms with Gasteiger partial charge in [0.05, 0.1) is 25.0 Å². The summed E-state index contributed by atoms with van der Waals surface area (Å²) in [4.78, 5) is 0.946.